The maximum atomic E-state index is 14.6. The van der Waals surface area contributed by atoms with Gasteiger partial charge in [-0.2, -0.15) is 0 Å². The fourth-order valence-corrected chi connectivity index (χ4v) is 6.00. The van der Waals surface area contributed by atoms with Gasteiger partial charge in [0.05, 0.1) is 6.61 Å². The van der Waals surface area contributed by atoms with E-state index in [1.54, 1.807) is 6.07 Å². The summed E-state index contributed by atoms with van der Waals surface area (Å²) in [5.41, 5.74) is 1.39. The SMILES string of the molecule is CCOc1ccc2cc(C3CCC(CCC4CCC(CC)CC4)CC3)ccc2c1F. The highest BCUT2D eigenvalue weighted by Gasteiger charge is 2.25. The Hall–Kier alpha value is -1.57. The van der Waals surface area contributed by atoms with Gasteiger partial charge in [-0.3, -0.25) is 0 Å². The quantitative estimate of drug-likeness (QED) is 0.444. The van der Waals surface area contributed by atoms with Gasteiger partial charge in [0.1, 0.15) is 0 Å². The van der Waals surface area contributed by atoms with Crippen LogP contribution in [-0.4, -0.2) is 6.61 Å². The number of rotatable bonds is 7. The van der Waals surface area contributed by atoms with Crippen molar-refractivity contribution >= 4 is 10.8 Å². The van der Waals surface area contributed by atoms with Crippen LogP contribution in [-0.2, 0) is 0 Å². The molecule has 0 atom stereocenters. The van der Waals surface area contributed by atoms with Gasteiger partial charge in [0.25, 0.3) is 0 Å². The second-order valence-electron chi connectivity index (χ2n) is 9.88. The van der Waals surface area contributed by atoms with E-state index in [2.05, 4.69) is 19.1 Å². The van der Waals surface area contributed by atoms with E-state index < -0.39 is 0 Å². The first-order chi connectivity index (χ1) is 14.7. The number of halogens is 1. The van der Waals surface area contributed by atoms with Crippen molar-refractivity contribution in [2.75, 3.05) is 6.61 Å². The molecule has 4 rings (SSSR count). The third-order valence-corrected chi connectivity index (χ3v) is 8.09. The van der Waals surface area contributed by atoms with E-state index >= 15 is 0 Å². The van der Waals surface area contributed by atoms with Crippen molar-refractivity contribution in [2.45, 2.75) is 90.4 Å². The maximum Gasteiger partial charge on any atom is 0.172 e. The Kier molecular flexibility index (Phi) is 7.33. The van der Waals surface area contributed by atoms with Crippen molar-refractivity contribution in [1.82, 2.24) is 0 Å². The third-order valence-electron chi connectivity index (χ3n) is 8.09. The van der Waals surface area contributed by atoms with E-state index in [0.717, 1.165) is 23.1 Å². The summed E-state index contributed by atoms with van der Waals surface area (Å²) in [7, 11) is 0. The van der Waals surface area contributed by atoms with E-state index in [1.165, 1.54) is 76.2 Å². The van der Waals surface area contributed by atoms with Crippen molar-refractivity contribution in [1.29, 1.82) is 0 Å². The van der Waals surface area contributed by atoms with Crippen molar-refractivity contribution in [2.24, 2.45) is 17.8 Å². The van der Waals surface area contributed by atoms with Crippen molar-refractivity contribution in [3.63, 3.8) is 0 Å². The monoisotopic (exact) mass is 410 g/mol. The summed E-state index contributed by atoms with van der Waals surface area (Å²) in [5.74, 6) is 3.72. The summed E-state index contributed by atoms with van der Waals surface area (Å²) in [4.78, 5) is 0. The largest absolute Gasteiger partial charge is 0.491 e. The molecule has 0 unspecified atom stereocenters. The van der Waals surface area contributed by atoms with Gasteiger partial charge in [-0.25, -0.2) is 4.39 Å². The summed E-state index contributed by atoms with van der Waals surface area (Å²) in [6.07, 6.45) is 15.5. The van der Waals surface area contributed by atoms with Crippen molar-refractivity contribution in [3.05, 3.63) is 41.7 Å². The molecule has 0 aliphatic heterocycles. The Morgan fingerprint density at radius 3 is 2.07 bits per heavy atom. The van der Waals surface area contributed by atoms with Crippen LogP contribution in [0.15, 0.2) is 30.3 Å². The minimum atomic E-state index is -0.224. The number of hydrogen-bond acceptors (Lipinski definition) is 1. The van der Waals surface area contributed by atoms with Crippen LogP contribution in [0.3, 0.4) is 0 Å². The van der Waals surface area contributed by atoms with Crippen LogP contribution in [0.2, 0.25) is 0 Å². The minimum absolute atomic E-state index is 0.224. The topological polar surface area (TPSA) is 9.23 Å². The Bertz CT molecular complexity index is 813. The van der Waals surface area contributed by atoms with Crippen LogP contribution in [0.25, 0.3) is 10.8 Å². The lowest BCUT2D eigenvalue weighted by Crippen LogP contribution is -2.17. The molecular weight excluding hydrogens is 371 g/mol. The summed E-state index contributed by atoms with van der Waals surface area (Å²) < 4.78 is 20.0. The first kappa shape index (κ1) is 21.7. The zero-order valence-corrected chi connectivity index (χ0v) is 19.0. The zero-order chi connectivity index (χ0) is 20.9. The van der Waals surface area contributed by atoms with Gasteiger partial charge in [-0.1, -0.05) is 76.1 Å². The van der Waals surface area contributed by atoms with Gasteiger partial charge in [-0.05, 0) is 73.3 Å². The molecule has 0 heterocycles. The van der Waals surface area contributed by atoms with E-state index in [4.69, 9.17) is 4.74 Å². The average molecular weight is 411 g/mol. The minimum Gasteiger partial charge on any atom is -0.491 e. The fraction of sp³-hybridized carbons (Fsp3) is 0.643. The molecule has 2 heteroatoms. The molecule has 0 spiro atoms. The molecule has 30 heavy (non-hydrogen) atoms. The highest BCUT2D eigenvalue weighted by Crippen LogP contribution is 2.41. The number of hydrogen-bond donors (Lipinski definition) is 0. The molecule has 2 aliphatic rings. The van der Waals surface area contributed by atoms with Gasteiger partial charge in [0, 0.05) is 5.39 Å². The predicted octanol–water partition coefficient (Wildman–Crippen LogP) is 8.65. The smallest absolute Gasteiger partial charge is 0.172 e. The van der Waals surface area contributed by atoms with Gasteiger partial charge < -0.3 is 4.74 Å². The molecule has 0 N–H and O–H groups in total. The van der Waals surface area contributed by atoms with Crippen molar-refractivity contribution < 1.29 is 9.13 Å². The van der Waals surface area contributed by atoms with E-state index in [9.17, 15) is 4.39 Å². The van der Waals surface area contributed by atoms with Crippen LogP contribution in [0.5, 0.6) is 5.75 Å². The van der Waals surface area contributed by atoms with Gasteiger partial charge in [0.15, 0.2) is 11.6 Å². The molecule has 2 aliphatic carbocycles. The lowest BCUT2D eigenvalue weighted by Gasteiger charge is -2.32. The van der Waals surface area contributed by atoms with Gasteiger partial charge in [-0.15, -0.1) is 0 Å². The molecule has 2 saturated carbocycles. The molecule has 2 aromatic rings. The second kappa shape index (κ2) is 10.2. The maximum absolute atomic E-state index is 14.6. The fourth-order valence-electron chi connectivity index (χ4n) is 6.00. The predicted molar refractivity (Wildman–Crippen MR) is 125 cm³/mol. The van der Waals surface area contributed by atoms with E-state index in [-0.39, 0.29) is 5.82 Å². The summed E-state index contributed by atoms with van der Waals surface area (Å²) in [6, 6.07) is 10.1. The Labute approximate surface area is 182 Å². The summed E-state index contributed by atoms with van der Waals surface area (Å²) in [6.45, 7) is 4.73. The molecule has 0 aromatic heterocycles. The number of fused-ring (bicyclic) bond motifs is 1. The van der Waals surface area contributed by atoms with Crippen LogP contribution in [0, 0.1) is 23.6 Å². The molecule has 1 nitrogen and oxygen atoms in total. The molecular formula is C28H39FO. The van der Waals surface area contributed by atoms with E-state index in [1.807, 2.05) is 19.1 Å². The molecule has 164 valence electrons. The summed E-state index contributed by atoms with van der Waals surface area (Å²) >= 11 is 0. The number of ether oxygens (including phenoxy) is 1. The van der Waals surface area contributed by atoms with Crippen molar-refractivity contribution in [3.8, 4) is 5.75 Å². The second-order valence-corrected chi connectivity index (χ2v) is 9.88. The zero-order valence-electron chi connectivity index (χ0n) is 19.0. The van der Waals surface area contributed by atoms with E-state index in [0.29, 0.717) is 23.7 Å². The highest BCUT2D eigenvalue weighted by molar-refractivity contribution is 5.85. The average Bonchev–Trinajstić information content (AvgIpc) is 2.80. The molecule has 2 aromatic carbocycles. The molecule has 2 fully saturated rings. The standard InChI is InChI=1S/C28H39FO/c1-3-20-5-7-21(8-6-20)9-10-22-11-13-23(14-12-22)24-15-17-26-25(19-24)16-18-27(28(26)29)30-4-2/h15-23H,3-14H2,1-2H3. The first-order valence-electron chi connectivity index (χ1n) is 12.5. The Morgan fingerprint density at radius 1 is 0.800 bits per heavy atom. The molecule has 0 amide bonds. The normalized spacial score (nSPS) is 27.3. The summed E-state index contributed by atoms with van der Waals surface area (Å²) in [5, 5.41) is 1.68. The van der Waals surface area contributed by atoms with Crippen LogP contribution in [0.1, 0.15) is 96.0 Å². The third kappa shape index (κ3) is 5.01. The molecule has 0 radical (unpaired) electrons. The highest BCUT2D eigenvalue weighted by atomic mass is 19.1. The number of benzene rings is 2. The van der Waals surface area contributed by atoms with Gasteiger partial charge in [0.2, 0.25) is 0 Å². The molecule has 0 saturated heterocycles. The Morgan fingerprint density at radius 2 is 1.43 bits per heavy atom. The first-order valence-corrected chi connectivity index (χ1v) is 12.5. The van der Waals surface area contributed by atoms with Gasteiger partial charge >= 0.3 is 0 Å². The van der Waals surface area contributed by atoms with Crippen LogP contribution < -0.4 is 4.74 Å². The Balaban J connectivity index is 1.29. The van der Waals surface area contributed by atoms with Crippen LogP contribution >= 0.6 is 0 Å². The lowest BCUT2D eigenvalue weighted by atomic mass is 9.74. The molecule has 0 bridgehead atoms. The van der Waals surface area contributed by atoms with Crippen LogP contribution in [0.4, 0.5) is 4.39 Å². The lowest BCUT2D eigenvalue weighted by molar-refractivity contribution is 0.227.